The molecule has 140 valence electrons. The van der Waals surface area contributed by atoms with Gasteiger partial charge in [-0.1, -0.05) is 34.1 Å². The zero-order chi connectivity index (χ0) is 20.1. The molecule has 0 saturated carbocycles. The second-order valence-corrected chi connectivity index (χ2v) is 6.76. The number of nitrogens with one attached hydrogen (secondary N) is 2. The number of hydrogen-bond donors (Lipinski definition) is 3. The first-order valence-corrected chi connectivity index (χ1v) is 9.04. The molecule has 0 fully saturated rings. The summed E-state index contributed by atoms with van der Waals surface area (Å²) >= 11 is 3.21. The normalized spacial score (nSPS) is 10.2. The SMILES string of the molecule is O=C(Nc1ccc(C(=O)Nc2ccc(Br)cc2C(=O)O)cc1)c1ccccc1. The van der Waals surface area contributed by atoms with Gasteiger partial charge in [-0.2, -0.15) is 0 Å². The second-order valence-electron chi connectivity index (χ2n) is 5.85. The van der Waals surface area contributed by atoms with Gasteiger partial charge in [0.15, 0.2) is 0 Å². The molecule has 0 aliphatic heterocycles. The molecule has 0 aromatic heterocycles. The van der Waals surface area contributed by atoms with Crippen LogP contribution in [0.3, 0.4) is 0 Å². The van der Waals surface area contributed by atoms with Crippen molar-refractivity contribution in [3.63, 3.8) is 0 Å². The van der Waals surface area contributed by atoms with E-state index in [9.17, 15) is 19.5 Å². The first-order valence-electron chi connectivity index (χ1n) is 8.25. The third kappa shape index (κ3) is 4.63. The summed E-state index contributed by atoms with van der Waals surface area (Å²) in [6.45, 7) is 0. The molecule has 3 aromatic carbocycles. The first-order chi connectivity index (χ1) is 13.4. The summed E-state index contributed by atoms with van der Waals surface area (Å²) in [6, 6.07) is 19.7. The Morgan fingerprint density at radius 2 is 1.36 bits per heavy atom. The minimum atomic E-state index is -1.14. The summed E-state index contributed by atoms with van der Waals surface area (Å²) in [7, 11) is 0. The van der Waals surface area contributed by atoms with E-state index in [1.54, 1.807) is 54.6 Å². The van der Waals surface area contributed by atoms with Crippen LogP contribution in [-0.4, -0.2) is 22.9 Å². The van der Waals surface area contributed by atoms with E-state index >= 15 is 0 Å². The Bertz CT molecular complexity index is 1030. The van der Waals surface area contributed by atoms with E-state index in [-0.39, 0.29) is 17.2 Å². The number of hydrogen-bond acceptors (Lipinski definition) is 3. The van der Waals surface area contributed by atoms with Crippen LogP contribution in [0.2, 0.25) is 0 Å². The number of amides is 2. The molecule has 3 aromatic rings. The van der Waals surface area contributed by atoms with Gasteiger partial charge in [-0.25, -0.2) is 4.79 Å². The van der Waals surface area contributed by atoms with Crippen LogP contribution in [0, 0.1) is 0 Å². The molecule has 7 heteroatoms. The van der Waals surface area contributed by atoms with Crippen LogP contribution < -0.4 is 10.6 Å². The Kier molecular flexibility index (Phi) is 5.86. The third-order valence-electron chi connectivity index (χ3n) is 3.90. The lowest BCUT2D eigenvalue weighted by Gasteiger charge is -2.10. The minimum Gasteiger partial charge on any atom is -0.478 e. The Balaban J connectivity index is 1.71. The van der Waals surface area contributed by atoms with Crippen LogP contribution in [0.25, 0.3) is 0 Å². The lowest BCUT2D eigenvalue weighted by molar-refractivity contribution is 0.0697. The van der Waals surface area contributed by atoms with Crippen LogP contribution >= 0.6 is 15.9 Å². The number of benzene rings is 3. The van der Waals surface area contributed by atoms with Gasteiger partial charge in [0.2, 0.25) is 0 Å². The predicted octanol–water partition coefficient (Wildman–Crippen LogP) is 4.65. The van der Waals surface area contributed by atoms with Gasteiger partial charge in [-0.05, 0) is 54.6 Å². The molecule has 3 N–H and O–H groups in total. The fourth-order valence-corrected chi connectivity index (χ4v) is 2.86. The molecule has 0 bridgehead atoms. The van der Waals surface area contributed by atoms with Crippen LogP contribution in [0.5, 0.6) is 0 Å². The van der Waals surface area contributed by atoms with E-state index in [0.717, 1.165) is 0 Å². The number of carbonyl (C=O) groups is 3. The van der Waals surface area contributed by atoms with E-state index in [1.807, 2.05) is 6.07 Å². The fourth-order valence-electron chi connectivity index (χ4n) is 2.49. The van der Waals surface area contributed by atoms with Gasteiger partial charge in [0.25, 0.3) is 11.8 Å². The van der Waals surface area contributed by atoms with Crippen molar-refractivity contribution >= 4 is 45.1 Å². The van der Waals surface area contributed by atoms with Crippen molar-refractivity contribution in [3.05, 3.63) is 94.0 Å². The number of carbonyl (C=O) groups excluding carboxylic acids is 2. The van der Waals surface area contributed by atoms with Crippen LogP contribution in [0.15, 0.2) is 77.3 Å². The highest BCUT2D eigenvalue weighted by Crippen LogP contribution is 2.22. The number of carboxylic acid groups (broad SMARTS) is 1. The maximum Gasteiger partial charge on any atom is 0.337 e. The highest BCUT2D eigenvalue weighted by Gasteiger charge is 2.14. The maximum absolute atomic E-state index is 12.4. The largest absolute Gasteiger partial charge is 0.478 e. The molecular weight excluding hydrogens is 424 g/mol. The van der Waals surface area contributed by atoms with Crippen molar-refractivity contribution in [1.82, 2.24) is 0 Å². The molecule has 0 aliphatic carbocycles. The number of rotatable bonds is 5. The van der Waals surface area contributed by atoms with E-state index < -0.39 is 11.9 Å². The maximum atomic E-state index is 12.4. The molecule has 28 heavy (non-hydrogen) atoms. The van der Waals surface area contributed by atoms with Gasteiger partial charge in [0.1, 0.15) is 0 Å². The Hall–Kier alpha value is -3.45. The summed E-state index contributed by atoms with van der Waals surface area (Å²) in [5.41, 5.74) is 1.58. The molecule has 0 radical (unpaired) electrons. The monoisotopic (exact) mass is 438 g/mol. The average Bonchev–Trinajstić information content (AvgIpc) is 2.70. The highest BCUT2D eigenvalue weighted by atomic mass is 79.9. The molecular formula is C21H15BrN2O4. The predicted molar refractivity (Wildman–Crippen MR) is 110 cm³/mol. The third-order valence-corrected chi connectivity index (χ3v) is 4.39. The standard InChI is InChI=1S/C21H15BrN2O4/c22-15-8-11-18(17(12-15)21(27)28)24-20(26)14-6-9-16(10-7-14)23-19(25)13-4-2-1-3-5-13/h1-12H,(H,23,25)(H,24,26)(H,27,28). The van der Waals surface area contributed by atoms with Gasteiger partial charge >= 0.3 is 5.97 Å². The van der Waals surface area contributed by atoms with Gasteiger partial charge in [-0.15, -0.1) is 0 Å². The van der Waals surface area contributed by atoms with E-state index in [2.05, 4.69) is 26.6 Å². The summed E-state index contributed by atoms with van der Waals surface area (Å²) in [4.78, 5) is 35.9. The van der Waals surface area contributed by atoms with Crippen molar-refractivity contribution < 1.29 is 19.5 Å². The molecule has 6 nitrogen and oxygen atoms in total. The van der Waals surface area contributed by atoms with Gasteiger partial charge in [0.05, 0.1) is 11.3 Å². The lowest BCUT2D eigenvalue weighted by atomic mass is 10.1. The van der Waals surface area contributed by atoms with E-state index in [4.69, 9.17) is 0 Å². The Morgan fingerprint density at radius 3 is 2.00 bits per heavy atom. The zero-order valence-corrected chi connectivity index (χ0v) is 16.1. The average molecular weight is 439 g/mol. The van der Waals surface area contributed by atoms with Gasteiger partial charge in [-0.3, -0.25) is 9.59 Å². The van der Waals surface area contributed by atoms with E-state index in [1.165, 1.54) is 12.1 Å². The molecule has 0 saturated heterocycles. The Morgan fingerprint density at radius 1 is 0.750 bits per heavy atom. The molecule has 0 spiro atoms. The van der Waals surface area contributed by atoms with Crippen molar-refractivity contribution in [3.8, 4) is 0 Å². The van der Waals surface area contributed by atoms with Crippen LogP contribution in [0.4, 0.5) is 11.4 Å². The molecule has 0 atom stereocenters. The summed E-state index contributed by atoms with van der Waals surface area (Å²) in [6.07, 6.45) is 0. The van der Waals surface area contributed by atoms with Crippen LogP contribution in [-0.2, 0) is 0 Å². The Labute approximate surface area is 169 Å². The molecule has 0 heterocycles. The minimum absolute atomic E-state index is 0.0190. The first kappa shape index (κ1) is 19.3. The lowest BCUT2D eigenvalue weighted by Crippen LogP contribution is -2.15. The van der Waals surface area contributed by atoms with Crippen LogP contribution in [0.1, 0.15) is 31.1 Å². The van der Waals surface area contributed by atoms with Gasteiger partial charge in [0, 0.05) is 21.3 Å². The molecule has 3 rings (SSSR count). The van der Waals surface area contributed by atoms with Crippen molar-refractivity contribution in [2.75, 3.05) is 10.6 Å². The number of anilines is 2. The van der Waals surface area contributed by atoms with Crippen molar-refractivity contribution in [2.45, 2.75) is 0 Å². The van der Waals surface area contributed by atoms with Gasteiger partial charge < -0.3 is 15.7 Å². The fraction of sp³-hybridized carbons (Fsp3) is 0. The number of carboxylic acids is 1. The summed E-state index contributed by atoms with van der Waals surface area (Å²) < 4.78 is 0.599. The molecule has 2 amide bonds. The van der Waals surface area contributed by atoms with E-state index in [0.29, 0.717) is 21.3 Å². The van der Waals surface area contributed by atoms with Crippen molar-refractivity contribution in [1.29, 1.82) is 0 Å². The quantitative estimate of drug-likeness (QED) is 0.539. The summed E-state index contributed by atoms with van der Waals surface area (Å²) in [5, 5.41) is 14.6. The molecule has 0 aliphatic rings. The molecule has 0 unspecified atom stereocenters. The topological polar surface area (TPSA) is 95.5 Å². The number of halogens is 1. The smallest absolute Gasteiger partial charge is 0.337 e. The van der Waals surface area contributed by atoms with Crippen molar-refractivity contribution in [2.24, 2.45) is 0 Å². The number of aromatic carboxylic acids is 1. The highest BCUT2D eigenvalue weighted by molar-refractivity contribution is 9.10. The zero-order valence-electron chi connectivity index (χ0n) is 14.5. The summed E-state index contributed by atoms with van der Waals surface area (Å²) in [5.74, 6) is -1.85. The second kappa shape index (κ2) is 8.49.